The molecule has 0 amide bonds. The maximum Gasteiger partial charge on any atom is 0.128 e. The van der Waals surface area contributed by atoms with Crippen LogP contribution in [-0.2, 0) is 6.42 Å². The summed E-state index contributed by atoms with van der Waals surface area (Å²) in [5.74, 6) is 0.235. The lowest BCUT2D eigenvalue weighted by Crippen LogP contribution is -2.10. The van der Waals surface area contributed by atoms with Crippen LogP contribution in [0.3, 0.4) is 0 Å². The molecule has 0 spiro atoms. The van der Waals surface area contributed by atoms with Crippen molar-refractivity contribution in [2.45, 2.75) is 38.3 Å². The number of rotatable bonds is 4. The third-order valence-corrected chi connectivity index (χ3v) is 3.58. The number of hydrogen-bond acceptors (Lipinski definition) is 1. The summed E-state index contributed by atoms with van der Waals surface area (Å²) in [6, 6.07) is 7.82. The molecule has 0 aromatic heterocycles. The Kier molecular flexibility index (Phi) is 3.94. The molecule has 1 aromatic rings. The smallest absolute Gasteiger partial charge is 0.128 e. The summed E-state index contributed by atoms with van der Waals surface area (Å²) >= 11 is 0. The maximum absolute atomic E-state index is 14.4. The average molecular weight is 221 g/mol. The summed E-state index contributed by atoms with van der Waals surface area (Å²) in [7, 11) is 0. The molecule has 1 aliphatic carbocycles. The van der Waals surface area contributed by atoms with Gasteiger partial charge in [0.15, 0.2) is 0 Å². The van der Waals surface area contributed by atoms with Crippen molar-refractivity contribution in [2.24, 2.45) is 11.7 Å². The minimum atomic E-state index is -0.787. The Morgan fingerprint density at radius 2 is 1.94 bits per heavy atom. The maximum atomic E-state index is 14.4. The van der Waals surface area contributed by atoms with Crippen LogP contribution in [-0.4, -0.2) is 6.54 Å². The van der Waals surface area contributed by atoms with Crippen molar-refractivity contribution in [2.75, 3.05) is 6.54 Å². The summed E-state index contributed by atoms with van der Waals surface area (Å²) in [5, 5.41) is 0. The fourth-order valence-corrected chi connectivity index (χ4v) is 2.69. The molecule has 1 aromatic carbocycles. The molecule has 0 radical (unpaired) electrons. The monoisotopic (exact) mass is 221 g/mol. The van der Waals surface area contributed by atoms with E-state index in [0.717, 1.165) is 30.4 Å². The number of nitrogens with two attached hydrogens (primary N) is 1. The second-order valence-corrected chi connectivity index (χ2v) is 4.68. The molecule has 0 heterocycles. The van der Waals surface area contributed by atoms with Crippen molar-refractivity contribution in [3.05, 3.63) is 35.4 Å². The number of benzene rings is 1. The molecule has 0 saturated heterocycles. The van der Waals surface area contributed by atoms with Gasteiger partial charge in [0, 0.05) is 0 Å². The summed E-state index contributed by atoms with van der Waals surface area (Å²) < 4.78 is 14.4. The Labute approximate surface area is 96.9 Å². The SMILES string of the molecule is NCCc1ccccc1C(F)C1CCCC1. The van der Waals surface area contributed by atoms with Crippen LogP contribution < -0.4 is 5.73 Å². The van der Waals surface area contributed by atoms with E-state index in [4.69, 9.17) is 5.73 Å². The van der Waals surface area contributed by atoms with Crippen LogP contribution >= 0.6 is 0 Å². The molecule has 2 heteroatoms. The Morgan fingerprint density at radius 3 is 2.62 bits per heavy atom. The highest BCUT2D eigenvalue weighted by Crippen LogP contribution is 2.39. The quantitative estimate of drug-likeness (QED) is 0.828. The van der Waals surface area contributed by atoms with Crippen LogP contribution in [0, 0.1) is 5.92 Å². The largest absolute Gasteiger partial charge is 0.330 e. The zero-order valence-corrected chi connectivity index (χ0v) is 9.66. The van der Waals surface area contributed by atoms with Gasteiger partial charge in [0.2, 0.25) is 0 Å². The molecule has 1 nitrogen and oxygen atoms in total. The molecule has 0 bridgehead atoms. The lowest BCUT2D eigenvalue weighted by atomic mass is 9.91. The first-order valence-electron chi connectivity index (χ1n) is 6.25. The van der Waals surface area contributed by atoms with E-state index in [0.29, 0.717) is 6.54 Å². The topological polar surface area (TPSA) is 26.0 Å². The van der Waals surface area contributed by atoms with E-state index in [9.17, 15) is 4.39 Å². The van der Waals surface area contributed by atoms with Crippen molar-refractivity contribution < 1.29 is 4.39 Å². The van der Waals surface area contributed by atoms with Crippen LogP contribution in [0.15, 0.2) is 24.3 Å². The minimum absolute atomic E-state index is 0.235. The van der Waals surface area contributed by atoms with Crippen LogP contribution in [0.2, 0.25) is 0 Å². The molecular formula is C14H20FN. The van der Waals surface area contributed by atoms with Gasteiger partial charge in [0.1, 0.15) is 6.17 Å². The highest BCUT2D eigenvalue weighted by atomic mass is 19.1. The molecule has 1 atom stereocenters. The van der Waals surface area contributed by atoms with Crippen molar-refractivity contribution in [3.8, 4) is 0 Å². The second kappa shape index (κ2) is 5.44. The second-order valence-electron chi connectivity index (χ2n) is 4.68. The summed E-state index contributed by atoms with van der Waals surface area (Å²) in [5.41, 5.74) is 7.52. The van der Waals surface area contributed by atoms with E-state index in [-0.39, 0.29) is 5.92 Å². The molecule has 2 rings (SSSR count). The Balaban J connectivity index is 2.17. The highest BCUT2D eigenvalue weighted by molar-refractivity contribution is 5.30. The average Bonchev–Trinajstić information content (AvgIpc) is 2.83. The van der Waals surface area contributed by atoms with E-state index >= 15 is 0 Å². The molecule has 1 saturated carbocycles. The zero-order chi connectivity index (χ0) is 11.4. The van der Waals surface area contributed by atoms with Crippen molar-refractivity contribution in [1.82, 2.24) is 0 Å². The van der Waals surface area contributed by atoms with Gasteiger partial charge in [-0.3, -0.25) is 0 Å². The fraction of sp³-hybridized carbons (Fsp3) is 0.571. The number of halogens is 1. The third-order valence-electron chi connectivity index (χ3n) is 3.58. The molecule has 1 unspecified atom stereocenters. The number of hydrogen-bond donors (Lipinski definition) is 1. The fourth-order valence-electron chi connectivity index (χ4n) is 2.69. The van der Waals surface area contributed by atoms with Gasteiger partial charge < -0.3 is 5.73 Å². The van der Waals surface area contributed by atoms with Gasteiger partial charge in [-0.15, -0.1) is 0 Å². The first-order chi connectivity index (χ1) is 7.83. The van der Waals surface area contributed by atoms with E-state index in [1.807, 2.05) is 24.3 Å². The molecule has 88 valence electrons. The molecule has 1 fully saturated rings. The van der Waals surface area contributed by atoms with Crippen LogP contribution in [0.1, 0.15) is 43.0 Å². The van der Waals surface area contributed by atoms with Crippen molar-refractivity contribution >= 4 is 0 Å². The molecule has 0 aliphatic heterocycles. The van der Waals surface area contributed by atoms with Gasteiger partial charge >= 0.3 is 0 Å². The summed E-state index contributed by atoms with van der Waals surface area (Å²) in [6.45, 7) is 0.592. The predicted octanol–water partition coefficient (Wildman–Crippen LogP) is 3.39. The van der Waals surface area contributed by atoms with E-state index in [2.05, 4.69) is 0 Å². The molecule has 16 heavy (non-hydrogen) atoms. The lowest BCUT2D eigenvalue weighted by Gasteiger charge is -2.18. The van der Waals surface area contributed by atoms with E-state index in [1.165, 1.54) is 12.8 Å². The van der Waals surface area contributed by atoms with Gasteiger partial charge in [-0.1, -0.05) is 37.1 Å². The van der Waals surface area contributed by atoms with E-state index < -0.39 is 6.17 Å². The summed E-state index contributed by atoms with van der Waals surface area (Å²) in [4.78, 5) is 0. The van der Waals surface area contributed by atoms with Gasteiger partial charge in [-0.2, -0.15) is 0 Å². The lowest BCUT2D eigenvalue weighted by molar-refractivity contribution is 0.234. The Bertz CT molecular complexity index is 331. The minimum Gasteiger partial charge on any atom is -0.330 e. The Hall–Kier alpha value is -0.890. The van der Waals surface area contributed by atoms with Crippen molar-refractivity contribution in [1.29, 1.82) is 0 Å². The van der Waals surface area contributed by atoms with Crippen LogP contribution in [0.4, 0.5) is 4.39 Å². The normalized spacial score (nSPS) is 18.9. The Morgan fingerprint density at radius 1 is 1.25 bits per heavy atom. The first-order valence-corrected chi connectivity index (χ1v) is 6.25. The molecule has 2 N–H and O–H groups in total. The van der Waals surface area contributed by atoms with Gasteiger partial charge in [0.05, 0.1) is 0 Å². The van der Waals surface area contributed by atoms with E-state index in [1.54, 1.807) is 0 Å². The van der Waals surface area contributed by atoms with Crippen LogP contribution in [0.25, 0.3) is 0 Å². The van der Waals surface area contributed by atoms with Gasteiger partial charge in [0.25, 0.3) is 0 Å². The standard InChI is InChI=1S/C14H20FN/c15-14(12-6-1-2-7-12)13-8-4-3-5-11(13)9-10-16/h3-5,8,12,14H,1-2,6-7,9-10,16H2. The third kappa shape index (κ3) is 2.43. The first kappa shape index (κ1) is 11.6. The highest BCUT2D eigenvalue weighted by Gasteiger charge is 2.27. The molecule has 1 aliphatic rings. The summed E-state index contributed by atoms with van der Waals surface area (Å²) in [6.07, 6.45) is 4.44. The van der Waals surface area contributed by atoms with Crippen LogP contribution in [0.5, 0.6) is 0 Å². The number of alkyl halides is 1. The molecular weight excluding hydrogens is 201 g/mol. The van der Waals surface area contributed by atoms with Gasteiger partial charge in [-0.25, -0.2) is 4.39 Å². The zero-order valence-electron chi connectivity index (χ0n) is 9.66. The van der Waals surface area contributed by atoms with Crippen molar-refractivity contribution in [3.63, 3.8) is 0 Å². The predicted molar refractivity (Wildman–Crippen MR) is 65.0 cm³/mol. The van der Waals surface area contributed by atoms with Gasteiger partial charge in [-0.05, 0) is 42.9 Å².